The number of nitrogens with one attached hydrogen (secondary N) is 3. The second-order valence-electron chi connectivity index (χ2n) is 6.44. The second kappa shape index (κ2) is 10.4. The summed E-state index contributed by atoms with van der Waals surface area (Å²) in [6, 6.07) is 1.92. The number of carbonyl (C=O) groups is 2. The zero-order valence-corrected chi connectivity index (χ0v) is 16.1. The number of hydrogen-bond donors (Lipinski definition) is 3. The van der Waals surface area contributed by atoms with E-state index in [1.165, 1.54) is 0 Å². The van der Waals surface area contributed by atoms with E-state index in [9.17, 15) is 9.59 Å². The second-order valence-corrected chi connectivity index (χ2v) is 6.44. The zero-order chi connectivity index (χ0) is 17.5. The first-order valence-corrected chi connectivity index (χ1v) is 8.85. The fourth-order valence-electron chi connectivity index (χ4n) is 3.26. The molecule has 2 heterocycles. The molecule has 1 aromatic rings. The van der Waals surface area contributed by atoms with Crippen molar-refractivity contribution in [3.05, 3.63) is 17.5 Å². The number of hydrogen-bond acceptors (Lipinski definition) is 4. The Bertz CT molecular complexity index is 563. The van der Waals surface area contributed by atoms with Gasteiger partial charge in [-0.3, -0.25) is 14.7 Å². The molecular formula is C17H30ClN5O2. The maximum absolute atomic E-state index is 12.4. The van der Waals surface area contributed by atoms with Crippen molar-refractivity contribution in [1.29, 1.82) is 0 Å². The molecule has 2 amide bonds. The van der Waals surface area contributed by atoms with Crippen LogP contribution in [0.5, 0.6) is 0 Å². The van der Waals surface area contributed by atoms with Crippen LogP contribution in [0.1, 0.15) is 49.3 Å². The number of nitrogens with zero attached hydrogens (tertiary/aromatic N) is 2. The molecule has 0 aromatic carbocycles. The van der Waals surface area contributed by atoms with Gasteiger partial charge < -0.3 is 15.5 Å². The fourth-order valence-corrected chi connectivity index (χ4v) is 3.26. The quantitative estimate of drug-likeness (QED) is 0.643. The van der Waals surface area contributed by atoms with E-state index in [2.05, 4.69) is 32.7 Å². The van der Waals surface area contributed by atoms with Gasteiger partial charge in [-0.15, -0.1) is 12.4 Å². The van der Waals surface area contributed by atoms with E-state index in [-0.39, 0.29) is 30.3 Å². The van der Waals surface area contributed by atoms with Gasteiger partial charge in [-0.05, 0) is 24.8 Å². The predicted molar refractivity (Wildman–Crippen MR) is 100.0 cm³/mol. The number of rotatable bonds is 8. The number of H-pyrrole nitrogens is 1. The molecule has 2 rings (SSSR count). The highest BCUT2D eigenvalue weighted by Crippen LogP contribution is 2.22. The highest BCUT2D eigenvalue weighted by atomic mass is 35.5. The van der Waals surface area contributed by atoms with E-state index in [0.717, 1.165) is 44.6 Å². The molecule has 3 N–H and O–H groups in total. The molecular weight excluding hydrogens is 342 g/mol. The molecule has 0 spiro atoms. The van der Waals surface area contributed by atoms with Crippen molar-refractivity contribution in [3.8, 4) is 0 Å². The lowest BCUT2D eigenvalue weighted by Gasteiger charge is -2.18. The summed E-state index contributed by atoms with van der Waals surface area (Å²) in [6.07, 6.45) is 3.48. The number of aromatic nitrogens is 2. The minimum atomic E-state index is -0.120. The Kier molecular flexibility index (Phi) is 8.92. The van der Waals surface area contributed by atoms with E-state index in [1.807, 2.05) is 13.0 Å². The molecule has 7 nitrogen and oxygen atoms in total. The van der Waals surface area contributed by atoms with E-state index in [1.54, 1.807) is 7.05 Å². The van der Waals surface area contributed by atoms with Crippen LogP contribution < -0.4 is 10.6 Å². The average molecular weight is 372 g/mol. The third-order valence-electron chi connectivity index (χ3n) is 4.67. The van der Waals surface area contributed by atoms with Crippen LogP contribution in [0.25, 0.3) is 0 Å². The van der Waals surface area contributed by atoms with Crippen LogP contribution in [0, 0.1) is 5.92 Å². The van der Waals surface area contributed by atoms with Crippen LogP contribution in [0.4, 0.5) is 0 Å². The molecule has 8 heteroatoms. The molecule has 2 atom stereocenters. The van der Waals surface area contributed by atoms with Crippen molar-refractivity contribution < 1.29 is 9.59 Å². The van der Waals surface area contributed by atoms with Gasteiger partial charge in [0.1, 0.15) is 5.69 Å². The molecule has 1 fully saturated rings. The van der Waals surface area contributed by atoms with Gasteiger partial charge in [-0.2, -0.15) is 5.10 Å². The molecule has 1 aliphatic heterocycles. The first-order valence-electron chi connectivity index (χ1n) is 8.85. The Balaban J connectivity index is 0.00000312. The van der Waals surface area contributed by atoms with Gasteiger partial charge >= 0.3 is 0 Å². The number of likely N-dealkylation sites (tertiary alicyclic amines) is 1. The third kappa shape index (κ3) is 6.01. The summed E-state index contributed by atoms with van der Waals surface area (Å²) >= 11 is 0. The summed E-state index contributed by atoms with van der Waals surface area (Å²) in [7, 11) is 1.66. The van der Waals surface area contributed by atoms with Crippen molar-refractivity contribution in [1.82, 2.24) is 25.7 Å². The molecule has 1 aliphatic rings. The van der Waals surface area contributed by atoms with Crippen LogP contribution in [0.2, 0.25) is 0 Å². The van der Waals surface area contributed by atoms with Crippen LogP contribution >= 0.6 is 12.4 Å². The first kappa shape index (κ1) is 21.4. The first-order chi connectivity index (χ1) is 11.6. The van der Waals surface area contributed by atoms with Crippen molar-refractivity contribution in [2.45, 2.75) is 45.6 Å². The van der Waals surface area contributed by atoms with Gasteiger partial charge in [0, 0.05) is 44.8 Å². The Hall–Kier alpha value is -1.60. The Morgan fingerprint density at radius 1 is 1.36 bits per heavy atom. The lowest BCUT2D eigenvalue weighted by molar-refractivity contribution is -0.120. The van der Waals surface area contributed by atoms with Crippen molar-refractivity contribution in [3.63, 3.8) is 0 Å². The minimum absolute atomic E-state index is 0. The monoisotopic (exact) mass is 371 g/mol. The van der Waals surface area contributed by atoms with Crippen LogP contribution in [0.15, 0.2) is 6.07 Å². The number of aromatic amines is 1. The third-order valence-corrected chi connectivity index (χ3v) is 4.67. The van der Waals surface area contributed by atoms with Crippen LogP contribution in [0.3, 0.4) is 0 Å². The van der Waals surface area contributed by atoms with Gasteiger partial charge in [0.25, 0.3) is 5.91 Å². The van der Waals surface area contributed by atoms with Crippen LogP contribution in [-0.2, 0) is 11.2 Å². The molecule has 0 aliphatic carbocycles. The maximum atomic E-state index is 12.4. The number of aryl methyl sites for hydroxylation is 1. The topological polar surface area (TPSA) is 90.1 Å². The summed E-state index contributed by atoms with van der Waals surface area (Å²) < 4.78 is 0. The highest BCUT2D eigenvalue weighted by molar-refractivity contribution is 5.92. The Labute approximate surface area is 155 Å². The van der Waals surface area contributed by atoms with E-state index < -0.39 is 0 Å². The predicted octanol–water partition coefficient (Wildman–Crippen LogP) is 1.36. The molecule has 0 saturated carbocycles. The summed E-state index contributed by atoms with van der Waals surface area (Å²) in [6.45, 7) is 6.63. The van der Waals surface area contributed by atoms with Crippen molar-refractivity contribution in [2.75, 3.05) is 26.7 Å². The largest absolute Gasteiger partial charge is 0.359 e. The summed E-state index contributed by atoms with van der Waals surface area (Å²) in [5.74, 6) is 0.358. The van der Waals surface area contributed by atoms with Gasteiger partial charge in [0.05, 0.1) is 0 Å². The molecule has 1 aromatic heterocycles. The van der Waals surface area contributed by atoms with Gasteiger partial charge in [-0.1, -0.05) is 20.3 Å². The van der Waals surface area contributed by atoms with E-state index in [4.69, 9.17) is 0 Å². The molecule has 0 radical (unpaired) electrons. The number of amides is 2. The van der Waals surface area contributed by atoms with Crippen molar-refractivity contribution >= 4 is 24.2 Å². The Morgan fingerprint density at radius 2 is 2.12 bits per heavy atom. The number of halogens is 1. The van der Waals surface area contributed by atoms with Gasteiger partial charge in [0.15, 0.2) is 0 Å². The summed E-state index contributed by atoms with van der Waals surface area (Å²) in [4.78, 5) is 26.1. The zero-order valence-electron chi connectivity index (χ0n) is 15.3. The average Bonchev–Trinajstić information content (AvgIpc) is 3.20. The minimum Gasteiger partial charge on any atom is -0.359 e. The molecule has 0 bridgehead atoms. The maximum Gasteiger partial charge on any atom is 0.272 e. The molecule has 0 unspecified atom stereocenters. The van der Waals surface area contributed by atoms with Crippen LogP contribution in [-0.4, -0.2) is 59.6 Å². The molecule has 1 saturated heterocycles. The standard InChI is InChI=1S/C17H29N5O2.ClH/c1-4-6-12-10-22(8-7-16(23)18-3)11-15(12)19-17(24)14-9-13(5-2)20-21-14;/h9,12,15H,4-8,10-11H2,1-3H3,(H,18,23)(H,19,24)(H,20,21);1H/t12-,15-;/m0./s1. The Morgan fingerprint density at radius 3 is 2.72 bits per heavy atom. The lowest BCUT2D eigenvalue weighted by atomic mass is 9.98. The lowest BCUT2D eigenvalue weighted by Crippen LogP contribution is -2.41. The van der Waals surface area contributed by atoms with E-state index in [0.29, 0.717) is 18.0 Å². The van der Waals surface area contributed by atoms with E-state index >= 15 is 0 Å². The summed E-state index contributed by atoms with van der Waals surface area (Å²) in [5.41, 5.74) is 1.41. The summed E-state index contributed by atoms with van der Waals surface area (Å²) in [5, 5.41) is 12.8. The van der Waals surface area contributed by atoms with Gasteiger partial charge in [0.2, 0.25) is 5.91 Å². The smallest absolute Gasteiger partial charge is 0.272 e. The molecule has 25 heavy (non-hydrogen) atoms. The fraction of sp³-hybridized carbons (Fsp3) is 0.706. The number of carbonyl (C=O) groups excluding carboxylic acids is 2. The van der Waals surface area contributed by atoms with Crippen molar-refractivity contribution in [2.24, 2.45) is 5.92 Å². The molecule has 142 valence electrons. The van der Waals surface area contributed by atoms with Gasteiger partial charge in [-0.25, -0.2) is 0 Å². The highest BCUT2D eigenvalue weighted by Gasteiger charge is 2.33. The SMILES string of the molecule is CCC[C@H]1CN(CCC(=O)NC)C[C@@H]1NC(=O)c1cc(CC)[nH]n1.Cl. The normalized spacial score (nSPS) is 20.1.